The molecule has 0 bridgehead atoms. The van der Waals surface area contributed by atoms with Crippen molar-refractivity contribution in [2.75, 3.05) is 17.2 Å². The van der Waals surface area contributed by atoms with Crippen molar-refractivity contribution >= 4 is 29.3 Å². The van der Waals surface area contributed by atoms with Crippen LogP contribution in [0.15, 0.2) is 53.4 Å². The molecule has 2 aromatic carbocycles. The number of amides is 2. The minimum absolute atomic E-state index is 0.0242. The zero-order chi connectivity index (χ0) is 20.1. The van der Waals surface area contributed by atoms with Crippen molar-refractivity contribution in [3.63, 3.8) is 0 Å². The summed E-state index contributed by atoms with van der Waals surface area (Å²) < 4.78 is 0. The fourth-order valence-electron chi connectivity index (χ4n) is 3.51. The number of carbonyl (C=O) groups excluding carboxylic acids is 2. The number of hydrogen-bond donors (Lipinski definition) is 1. The van der Waals surface area contributed by atoms with Gasteiger partial charge in [0.15, 0.2) is 0 Å². The monoisotopic (exact) mass is 396 g/mol. The second kappa shape index (κ2) is 9.28. The second-order valence-corrected chi connectivity index (χ2v) is 8.53. The van der Waals surface area contributed by atoms with Gasteiger partial charge in [-0.2, -0.15) is 0 Å². The molecule has 0 fully saturated rings. The second-order valence-electron chi connectivity index (χ2n) is 7.52. The first kappa shape index (κ1) is 20.5. The molecular formula is C23H28N2O2S. The Morgan fingerprint density at radius 3 is 2.54 bits per heavy atom. The van der Waals surface area contributed by atoms with E-state index >= 15 is 0 Å². The number of rotatable bonds is 7. The molecule has 5 heteroatoms. The molecular weight excluding hydrogens is 368 g/mol. The largest absolute Gasteiger partial charge is 0.347 e. The van der Waals surface area contributed by atoms with Crippen LogP contribution in [0.5, 0.6) is 0 Å². The number of nitrogens with zero attached hydrogens (tertiary/aromatic N) is 1. The van der Waals surface area contributed by atoms with E-state index < -0.39 is 0 Å². The molecule has 1 unspecified atom stereocenters. The van der Waals surface area contributed by atoms with Gasteiger partial charge >= 0.3 is 0 Å². The van der Waals surface area contributed by atoms with Crippen LogP contribution in [0.25, 0.3) is 0 Å². The summed E-state index contributed by atoms with van der Waals surface area (Å²) in [6.45, 7) is 6.42. The Morgan fingerprint density at radius 2 is 1.86 bits per heavy atom. The highest BCUT2D eigenvalue weighted by Crippen LogP contribution is 2.34. The number of fused-ring (bicyclic) bond motifs is 1. The van der Waals surface area contributed by atoms with Gasteiger partial charge in [-0.3, -0.25) is 9.59 Å². The van der Waals surface area contributed by atoms with Crippen LogP contribution in [0.2, 0.25) is 0 Å². The molecule has 0 aromatic heterocycles. The van der Waals surface area contributed by atoms with E-state index in [9.17, 15) is 9.59 Å². The summed E-state index contributed by atoms with van der Waals surface area (Å²) in [7, 11) is 0. The van der Waals surface area contributed by atoms with E-state index in [1.165, 1.54) is 17.3 Å². The molecule has 2 amide bonds. The zero-order valence-electron chi connectivity index (χ0n) is 16.8. The molecule has 1 atom stereocenters. The number of aryl methyl sites for hydroxylation is 1. The fraction of sp³-hybridized carbons (Fsp3) is 0.391. The van der Waals surface area contributed by atoms with Gasteiger partial charge in [-0.05, 0) is 35.6 Å². The van der Waals surface area contributed by atoms with Crippen LogP contribution in [0.3, 0.4) is 0 Å². The van der Waals surface area contributed by atoms with Gasteiger partial charge in [-0.15, -0.1) is 11.8 Å². The van der Waals surface area contributed by atoms with Crippen molar-refractivity contribution in [3.05, 3.63) is 59.7 Å². The maximum absolute atomic E-state index is 12.8. The van der Waals surface area contributed by atoms with Gasteiger partial charge in [-0.1, -0.05) is 63.6 Å². The molecule has 1 N–H and O–H groups in total. The van der Waals surface area contributed by atoms with E-state index in [1.807, 2.05) is 24.3 Å². The molecule has 2 aromatic rings. The minimum Gasteiger partial charge on any atom is -0.347 e. The molecule has 0 radical (unpaired) electrons. The van der Waals surface area contributed by atoms with Gasteiger partial charge in [-0.25, -0.2) is 0 Å². The fourth-order valence-corrected chi connectivity index (χ4v) is 4.44. The van der Waals surface area contributed by atoms with Crippen molar-refractivity contribution in [3.8, 4) is 0 Å². The van der Waals surface area contributed by atoms with Gasteiger partial charge in [0, 0.05) is 4.90 Å². The van der Waals surface area contributed by atoms with E-state index in [0.717, 1.165) is 29.0 Å². The maximum Gasteiger partial charge on any atom is 0.240 e. The first-order valence-corrected chi connectivity index (χ1v) is 10.9. The van der Waals surface area contributed by atoms with E-state index in [-0.39, 0.29) is 30.3 Å². The third-order valence-electron chi connectivity index (χ3n) is 4.97. The van der Waals surface area contributed by atoms with Crippen LogP contribution in [-0.2, 0) is 16.0 Å². The molecule has 1 aliphatic heterocycles. The SMILES string of the molecule is CCCc1ccc(C(NC(=O)CN2C(=O)CSc3ccccc32)C(C)C)cc1. The molecule has 1 heterocycles. The molecule has 1 aliphatic rings. The lowest BCUT2D eigenvalue weighted by molar-refractivity contribution is -0.123. The standard InChI is InChI=1S/C23H28N2O2S/c1-4-7-17-10-12-18(13-11-17)23(16(2)3)24-21(26)14-25-19-8-5-6-9-20(19)28-15-22(25)27/h5-6,8-13,16,23H,4,7,14-15H2,1-3H3,(H,24,26). The number of carbonyl (C=O) groups is 2. The maximum atomic E-state index is 12.8. The third kappa shape index (κ3) is 4.76. The Labute approximate surface area is 171 Å². The predicted octanol–water partition coefficient (Wildman–Crippen LogP) is 4.59. The average molecular weight is 397 g/mol. The van der Waals surface area contributed by atoms with Gasteiger partial charge in [0.2, 0.25) is 11.8 Å². The van der Waals surface area contributed by atoms with E-state index in [1.54, 1.807) is 4.90 Å². The number of thioether (sulfide) groups is 1. The molecule has 0 aliphatic carbocycles. The van der Waals surface area contributed by atoms with Crippen LogP contribution < -0.4 is 10.2 Å². The summed E-state index contributed by atoms with van der Waals surface area (Å²) in [5.74, 6) is 0.465. The van der Waals surface area contributed by atoms with Crippen LogP contribution in [-0.4, -0.2) is 24.1 Å². The summed E-state index contributed by atoms with van der Waals surface area (Å²) in [5.41, 5.74) is 3.24. The summed E-state index contributed by atoms with van der Waals surface area (Å²) in [6, 6.07) is 16.2. The molecule has 28 heavy (non-hydrogen) atoms. The molecule has 0 spiro atoms. The highest BCUT2D eigenvalue weighted by molar-refractivity contribution is 8.00. The van der Waals surface area contributed by atoms with Gasteiger partial charge in [0.25, 0.3) is 0 Å². The third-order valence-corrected chi connectivity index (χ3v) is 6.02. The smallest absolute Gasteiger partial charge is 0.240 e. The van der Waals surface area contributed by atoms with Crippen molar-refractivity contribution < 1.29 is 9.59 Å². The first-order valence-electron chi connectivity index (χ1n) is 9.90. The van der Waals surface area contributed by atoms with E-state index in [4.69, 9.17) is 0 Å². The minimum atomic E-state index is -0.133. The molecule has 0 saturated heterocycles. The summed E-state index contributed by atoms with van der Waals surface area (Å²) in [5, 5.41) is 3.14. The number of hydrogen-bond acceptors (Lipinski definition) is 3. The Balaban J connectivity index is 1.72. The van der Waals surface area contributed by atoms with Crippen molar-refractivity contribution in [1.29, 1.82) is 0 Å². The number of benzene rings is 2. The van der Waals surface area contributed by atoms with Gasteiger partial charge in [0.1, 0.15) is 6.54 Å². The first-order chi connectivity index (χ1) is 13.5. The molecule has 0 saturated carbocycles. The lowest BCUT2D eigenvalue weighted by Gasteiger charge is -2.30. The van der Waals surface area contributed by atoms with Crippen molar-refractivity contribution in [2.24, 2.45) is 5.92 Å². The normalized spacial score (nSPS) is 14.7. The Morgan fingerprint density at radius 1 is 1.14 bits per heavy atom. The van der Waals surface area contributed by atoms with Crippen molar-refractivity contribution in [2.45, 2.75) is 44.6 Å². The predicted molar refractivity (Wildman–Crippen MR) is 116 cm³/mol. The lowest BCUT2D eigenvalue weighted by Crippen LogP contribution is -2.44. The summed E-state index contributed by atoms with van der Waals surface area (Å²) in [4.78, 5) is 27.9. The van der Waals surface area contributed by atoms with Gasteiger partial charge in [0.05, 0.1) is 17.5 Å². The summed E-state index contributed by atoms with van der Waals surface area (Å²) >= 11 is 1.53. The van der Waals surface area contributed by atoms with Crippen molar-refractivity contribution in [1.82, 2.24) is 5.32 Å². The van der Waals surface area contributed by atoms with Crippen LogP contribution >= 0.6 is 11.8 Å². The van der Waals surface area contributed by atoms with E-state index in [0.29, 0.717) is 5.75 Å². The van der Waals surface area contributed by atoms with Gasteiger partial charge < -0.3 is 10.2 Å². The Bertz CT molecular complexity index is 833. The van der Waals surface area contributed by atoms with Crippen LogP contribution in [0.4, 0.5) is 5.69 Å². The Kier molecular flexibility index (Phi) is 6.79. The highest BCUT2D eigenvalue weighted by atomic mass is 32.2. The van der Waals surface area contributed by atoms with Crippen LogP contribution in [0, 0.1) is 5.92 Å². The topological polar surface area (TPSA) is 49.4 Å². The number of para-hydroxylation sites is 1. The van der Waals surface area contributed by atoms with Crippen LogP contribution in [0.1, 0.15) is 44.4 Å². The quantitative estimate of drug-likeness (QED) is 0.745. The molecule has 4 nitrogen and oxygen atoms in total. The highest BCUT2D eigenvalue weighted by Gasteiger charge is 2.27. The zero-order valence-corrected chi connectivity index (χ0v) is 17.6. The molecule has 148 valence electrons. The average Bonchev–Trinajstić information content (AvgIpc) is 2.69. The summed E-state index contributed by atoms with van der Waals surface area (Å²) in [6.07, 6.45) is 2.18. The van der Waals surface area contributed by atoms with E-state index in [2.05, 4.69) is 50.4 Å². The Hall–Kier alpha value is -2.27. The molecule has 3 rings (SSSR count). The lowest BCUT2D eigenvalue weighted by atomic mass is 9.94. The number of nitrogens with one attached hydrogen (secondary N) is 1. The number of anilines is 1.